The predicted octanol–water partition coefficient (Wildman–Crippen LogP) is 7.86. The van der Waals surface area contributed by atoms with Crippen LogP contribution in [0.2, 0.25) is 0 Å². The normalized spacial score (nSPS) is 22.8. The highest BCUT2D eigenvalue weighted by Gasteiger charge is 2.47. The highest BCUT2D eigenvalue weighted by atomic mass is 16.3. The third-order valence-electron chi connectivity index (χ3n) is 11.4. The molecule has 0 aromatic heterocycles. The van der Waals surface area contributed by atoms with Crippen LogP contribution in [0, 0.1) is 5.92 Å². The standard InChI is InChI=1S/C41H55N3O2/c1-39(2)28(27-43(22-12-24-45)34-20-18-29(42(7)8)26-33(34)39)14-11-17-36-41(5,6)38-35(44(36)23-13-25-46)21-19-32-37(38)30-15-9-10-16-31(30)40(32,3)4/h10-11,14,16-21,26,28,45-46H,9,12-13,15,22-25,27H2,1-8H3/b14-11+,36-17+. The van der Waals surface area contributed by atoms with Gasteiger partial charge < -0.3 is 24.9 Å². The van der Waals surface area contributed by atoms with E-state index in [0.29, 0.717) is 5.92 Å². The number of benzene rings is 2. The third kappa shape index (κ3) is 5.15. The second-order valence-electron chi connectivity index (χ2n) is 15.6. The molecule has 0 radical (unpaired) electrons. The summed E-state index contributed by atoms with van der Waals surface area (Å²) < 4.78 is 0. The highest BCUT2D eigenvalue weighted by molar-refractivity contribution is 5.90. The quantitative estimate of drug-likeness (QED) is 0.299. The fourth-order valence-corrected chi connectivity index (χ4v) is 8.71. The number of hydrogen-bond acceptors (Lipinski definition) is 5. The van der Waals surface area contributed by atoms with Crippen molar-refractivity contribution >= 4 is 22.6 Å². The molecule has 0 spiro atoms. The van der Waals surface area contributed by atoms with Crippen molar-refractivity contribution in [2.24, 2.45) is 5.92 Å². The molecule has 0 saturated carbocycles. The van der Waals surface area contributed by atoms with E-state index >= 15 is 0 Å². The molecule has 0 bridgehead atoms. The van der Waals surface area contributed by atoms with Crippen molar-refractivity contribution in [2.75, 3.05) is 61.6 Å². The molecule has 6 rings (SSSR count). The number of rotatable bonds is 9. The van der Waals surface area contributed by atoms with Crippen LogP contribution < -0.4 is 14.7 Å². The summed E-state index contributed by atoms with van der Waals surface area (Å²) in [4.78, 5) is 7.13. The number of aliphatic hydroxyl groups excluding tert-OH is 2. The highest BCUT2D eigenvalue weighted by Crippen LogP contribution is 2.58. The van der Waals surface area contributed by atoms with Crippen LogP contribution in [0.5, 0.6) is 0 Å². The van der Waals surface area contributed by atoms with E-state index < -0.39 is 0 Å². The zero-order valence-corrected chi connectivity index (χ0v) is 29.5. The lowest BCUT2D eigenvalue weighted by molar-refractivity contribution is 0.285. The summed E-state index contributed by atoms with van der Waals surface area (Å²) >= 11 is 0. The summed E-state index contributed by atoms with van der Waals surface area (Å²) in [5.41, 5.74) is 13.7. The van der Waals surface area contributed by atoms with Crippen LogP contribution in [-0.2, 0) is 16.2 Å². The van der Waals surface area contributed by atoms with Crippen molar-refractivity contribution in [1.82, 2.24) is 0 Å². The number of aliphatic hydroxyl groups is 2. The monoisotopic (exact) mass is 621 g/mol. The van der Waals surface area contributed by atoms with Crippen LogP contribution in [-0.4, -0.2) is 57.2 Å². The smallest absolute Gasteiger partial charge is 0.0456 e. The molecule has 4 aliphatic rings. The van der Waals surface area contributed by atoms with Crippen molar-refractivity contribution in [1.29, 1.82) is 0 Å². The number of hydrogen-bond donors (Lipinski definition) is 2. The Hall–Kier alpha value is -3.28. The van der Waals surface area contributed by atoms with E-state index in [2.05, 4.69) is 131 Å². The topological polar surface area (TPSA) is 50.2 Å². The zero-order valence-electron chi connectivity index (χ0n) is 29.5. The van der Waals surface area contributed by atoms with E-state index in [1.54, 1.807) is 0 Å². The molecular formula is C41H55N3O2. The largest absolute Gasteiger partial charge is 0.396 e. The second kappa shape index (κ2) is 12.1. The summed E-state index contributed by atoms with van der Waals surface area (Å²) in [6.45, 7) is 17.3. The van der Waals surface area contributed by atoms with Gasteiger partial charge in [0.25, 0.3) is 0 Å². The lowest BCUT2D eigenvalue weighted by Crippen LogP contribution is -2.45. The van der Waals surface area contributed by atoms with Gasteiger partial charge in [-0.15, -0.1) is 0 Å². The van der Waals surface area contributed by atoms with Gasteiger partial charge in [0.15, 0.2) is 0 Å². The summed E-state index contributed by atoms with van der Waals surface area (Å²) in [5.74, 6) is 0.303. The zero-order chi connectivity index (χ0) is 33.0. The fraction of sp³-hybridized carbons (Fsp3) is 0.512. The molecule has 2 N–H and O–H groups in total. The van der Waals surface area contributed by atoms with E-state index in [1.807, 2.05) is 0 Å². The van der Waals surface area contributed by atoms with Gasteiger partial charge in [0.1, 0.15) is 0 Å². The van der Waals surface area contributed by atoms with E-state index in [-0.39, 0.29) is 29.5 Å². The van der Waals surface area contributed by atoms with Crippen LogP contribution >= 0.6 is 0 Å². The molecule has 1 atom stereocenters. The molecule has 2 aromatic carbocycles. The third-order valence-corrected chi connectivity index (χ3v) is 11.4. The Balaban J connectivity index is 1.41. The van der Waals surface area contributed by atoms with Gasteiger partial charge in [-0.3, -0.25) is 0 Å². The minimum atomic E-state index is -0.178. The van der Waals surface area contributed by atoms with Gasteiger partial charge in [-0.2, -0.15) is 0 Å². The van der Waals surface area contributed by atoms with Crippen molar-refractivity contribution in [3.63, 3.8) is 0 Å². The van der Waals surface area contributed by atoms with Crippen molar-refractivity contribution in [3.05, 3.63) is 94.2 Å². The average molecular weight is 622 g/mol. The maximum atomic E-state index is 9.89. The molecule has 2 aromatic rings. The first-order valence-corrected chi connectivity index (χ1v) is 17.4. The van der Waals surface area contributed by atoms with Crippen LogP contribution in [0.15, 0.2) is 72.0 Å². The van der Waals surface area contributed by atoms with Gasteiger partial charge in [-0.1, -0.05) is 71.9 Å². The molecule has 0 amide bonds. The molecule has 5 heteroatoms. The number of anilines is 3. The van der Waals surface area contributed by atoms with Gasteiger partial charge in [0, 0.05) is 86.5 Å². The van der Waals surface area contributed by atoms with Crippen LogP contribution in [0.25, 0.3) is 5.57 Å². The molecule has 5 nitrogen and oxygen atoms in total. The molecular weight excluding hydrogens is 566 g/mol. The Morgan fingerprint density at radius 1 is 0.891 bits per heavy atom. The summed E-state index contributed by atoms with van der Waals surface area (Å²) in [5, 5.41) is 19.6. The minimum Gasteiger partial charge on any atom is -0.396 e. The Bertz CT molecular complexity index is 1620. The van der Waals surface area contributed by atoms with E-state index in [9.17, 15) is 10.2 Å². The number of allylic oxidation sites excluding steroid dienone is 7. The first kappa shape index (κ1) is 32.7. The predicted molar refractivity (Wildman–Crippen MR) is 195 cm³/mol. The van der Waals surface area contributed by atoms with Gasteiger partial charge in [-0.05, 0) is 94.8 Å². The van der Waals surface area contributed by atoms with Crippen LogP contribution in [0.1, 0.15) is 89.5 Å². The molecule has 1 unspecified atom stereocenters. The van der Waals surface area contributed by atoms with Gasteiger partial charge >= 0.3 is 0 Å². The van der Waals surface area contributed by atoms with E-state index in [0.717, 1.165) is 45.3 Å². The van der Waals surface area contributed by atoms with Gasteiger partial charge in [0.05, 0.1) is 0 Å². The van der Waals surface area contributed by atoms with Gasteiger partial charge in [-0.25, -0.2) is 0 Å². The Labute approximate surface area is 277 Å². The molecule has 0 fully saturated rings. The van der Waals surface area contributed by atoms with Crippen LogP contribution in [0.4, 0.5) is 17.1 Å². The van der Waals surface area contributed by atoms with E-state index in [4.69, 9.17) is 0 Å². The summed E-state index contributed by atoms with van der Waals surface area (Å²) in [6.07, 6.45) is 15.5. The van der Waals surface area contributed by atoms with E-state index in [1.165, 1.54) is 56.2 Å². The molecule has 46 heavy (non-hydrogen) atoms. The summed E-state index contributed by atoms with van der Waals surface area (Å²) in [7, 11) is 4.21. The second-order valence-corrected chi connectivity index (χ2v) is 15.6. The Kier molecular flexibility index (Phi) is 8.56. The molecule has 246 valence electrons. The first-order chi connectivity index (χ1) is 21.8. The van der Waals surface area contributed by atoms with Crippen LogP contribution in [0.3, 0.4) is 0 Å². The lowest BCUT2D eigenvalue weighted by Gasteiger charge is -2.45. The lowest BCUT2D eigenvalue weighted by atomic mass is 9.69. The number of nitrogens with zero attached hydrogens (tertiary/aromatic N) is 3. The number of fused-ring (bicyclic) bond motifs is 5. The minimum absolute atomic E-state index is 0.00615. The SMILES string of the molecule is CN(C)c1ccc2c(c1)C(C)(C)C(/C=C/C=C1/N(CCCO)c3ccc4c(c3C1(C)C)C1=C(C=CCC1)C4(C)C)CN2CCCO. The summed E-state index contributed by atoms with van der Waals surface area (Å²) in [6, 6.07) is 11.6. The maximum Gasteiger partial charge on any atom is 0.0456 e. The van der Waals surface area contributed by atoms with Crippen molar-refractivity contribution in [3.8, 4) is 0 Å². The van der Waals surface area contributed by atoms with Gasteiger partial charge in [0.2, 0.25) is 0 Å². The Morgan fingerprint density at radius 3 is 2.33 bits per heavy atom. The maximum absolute atomic E-state index is 9.89. The molecule has 2 aliphatic carbocycles. The first-order valence-electron chi connectivity index (χ1n) is 17.4. The molecule has 0 saturated heterocycles. The van der Waals surface area contributed by atoms with Crippen molar-refractivity contribution < 1.29 is 10.2 Å². The molecule has 2 heterocycles. The fourth-order valence-electron chi connectivity index (χ4n) is 8.71. The van der Waals surface area contributed by atoms with Crippen molar-refractivity contribution in [2.45, 2.75) is 83.5 Å². The average Bonchev–Trinajstić information content (AvgIpc) is 3.39. The Morgan fingerprint density at radius 2 is 1.61 bits per heavy atom. The molecule has 2 aliphatic heterocycles.